The highest BCUT2D eigenvalue weighted by Gasteiger charge is 2.63. The summed E-state index contributed by atoms with van der Waals surface area (Å²) in [7, 11) is 0. The molecule has 0 amide bonds. The molecular weight excluding hydrogens is 825 g/mol. The summed E-state index contributed by atoms with van der Waals surface area (Å²) in [6.07, 6.45) is 6.15. The van der Waals surface area contributed by atoms with E-state index in [4.69, 9.17) is 23.7 Å². The number of rotatable bonds is 15. The van der Waals surface area contributed by atoms with Crippen molar-refractivity contribution in [1.29, 1.82) is 0 Å². The first-order valence-electron chi connectivity index (χ1n) is 23.7. The number of carbonyl (C=O) groups is 5. The highest BCUT2D eigenvalue weighted by atomic mass is 16.7. The summed E-state index contributed by atoms with van der Waals surface area (Å²) in [5, 5.41) is 10.5. The van der Waals surface area contributed by atoms with Crippen LogP contribution in [0.25, 0.3) is 0 Å². The van der Waals surface area contributed by atoms with Gasteiger partial charge in [0, 0.05) is 30.8 Å². The van der Waals surface area contributed by atoms with Crippen molar-refractivity contribution >= 4 is 29.5 Å². The minimum atomic E-state index is -1.30. The first-order valence-corrected chi connectivity index (χ1v) is 23.7. The van der Waals surface area contributed by atoms with Gasteiger partial charge in [-0.3, -0.25) is 9.59 Å². The third kappa shape index (κ3) is 9.93. The molecule has 0 spiro atoms. The van der Waals surface area contributed by atoms with Crippen molar-refractivity contribution in [3.63, 3.8) is 0 Å². The van der Waals surface area contributed by atoms with Gasteiger partial charge in [0.2, 0.25) is 0 Å². The lowest BCUT2D eigenvalue weighted by atomic mass is 9.44. The molecule has 65 heavy (non-hydrogen) atoms. The predicted octanol–water partition coefficient (Wildman–Crippen LogP) is 9.37. The smallest absolute Gasteiger partial charge is 0.343 e. The van der Waals surface area contributed by atoms with Crippen LogP contribution in [0.1, 0.15) is 123 Å². The average Bonchev–Trinajstić information content (AvgIpc) is 3.60. The zero-order valence-corrected chi connectivity index (χ0v) is 38.1. The Kier molecular flexibility index (Phi) is 14.2. The van der Waals surface area contributed by atoms with Crippen molar-refractivity contribution in [2.24, 2.45) is 52.3 Å². The minimum absolute atomic E-state index is 0.0430. The number of benzene rings is 3. The van der Waals surface area contributed by atoms with Crippen LogP contribution in [0.2, 0.25) is 0 Å². The molecule has 1 aliphatic heterocycles. The minimum Gasteiger partial charge on any atom is -0.459 e. The molecule has 1 N–H and O–H groups in total. The van der Waals surface area contributed by atoms with Crippen LogP contribution in [-0.2, 0) is 33.3 Å². The summed E-state index contributed by atoms with van der Waals surface area (Å²) in [6, 6.07) is 25.2. The van der Waals surface area contributed by atoms with E-state index in [0.29, 0.717) is 48.5 Å². The van der Waals surface area contributed by atoms with Crippen molar-refractivity contribution in [3.05, 3.63) is 120 Å². The van der Waals surface area contributed by atoms with Crippen molar-refractivity contribution in [3.8, 4) is 0 Å². The van der Waals surface area contributed by atoms with E-state index in [2.05, 4.69) is 13.8 Å². The number of Topliss-reactive ketones (excluding diaryl/α,β-unsaturated/α-hetero) is 2. The molecule has 0 saturated heterocycles. The van der Waals surface area contributed by atoms with Crippen LogP contribution < -0.4 is 0 Å². The van der Waals surface area contributed by atoms with Crippen LogP contribution in [0.15, 0.2) is 103 Å². The quantitative estimate of drug-likeness (QED) is 0.115. The van der Waals surface area contributed by atoms with Gasteiger partial charge in [0.05, 0.1) is 29.4 Å². The standard InChI is InChI=1S/C54H64O11/c1-33(20-23-43(56)34(2)48-44(57)29-42-40-22-21-38-28-39(55)24-26-53(38,3)41(40)25-27-54(42,48)4)31-61-47-30-45(64-51(59)36-16-10-6-11-17-36)49(65-52(60)37-18-12-7-13-19-37)46(63-47)32-62-50(58)35-14-8-5-9-15-35/h5-19,30,33-34,38-42,46-49,55H,20-29,31-32H2,1-4H3/t33-,34+,38?,39?,40?,41?,42?,46?,47+,48?,49+,53?,54?/m0/s1. The van der Waals surface area contributed by atoms with Gasteiger partial charge in [-0.25, -0.2) is 14.4 Å². The van der Waals surface area contributed by atoms with Gasteiger partial charge in [-0.15, -0.1) is 0 Å². The number of fused-ring (bicyclic) bond motifs is 5. The van der Waals surface area contributed by atoms with E-state index in [1.54, 1.807) is 91.0 Å². The molecule has 0 aromatic heterocycles. The SMILES string of the molecule is C[C@@H](CCC(=O)[C@@H](C)C1C(=O)CC2C3CCC4CC(O)CCC4(C)C3CCC21C)CO[C@H]1C=C(OC(=O)c2ccccc2)[C@@H](OC(=O)c2ccccc2)C(COC(=O)c2ccccc2)O1. The molecule has 11 nitrogen and oxygen atoms in total. The zero-order chi connectivity index (χ0) is 45.9. The number of esters is 3. The molecule has 0 radical (unpaired) electrons. The maximum atomic E-state index is 14.0. The summed E-state index contributed by atoms with van der Waals surface area (Å²) in [5.74, 6) is -0.637. The van der Waals surface area contributed by atoms with E-state index in [9.17, 15) is 29.1 Å². The van der Waals surface area contributed by atoms with Gasteiger partial charge in [-0.05, 0) is 128 Å². The lowest BCUT2D eigenvalue weighted by molar-refractivity contribution is -0.194. The Morgan fingerprint density at radius 3 is 2.05 bits per heavy atom. The third-order valence-electron chi connectivity index (χ3n) is 16.1. The van der Waals surface area contributed by atoms with E-state index in [1.807, 2.05) is 13.8 Å². The molecule has 346 valence electrons. The van der Waals surface area contributed by atoms with Gasteiger partial charge < -0.3 is 28.8 Å². The van der Waals surface area contributed by atoms with E-state index in [-0.39, 0.29) is 76.4 Å². The molecule has 13 atom stereocenters. The second-order valence-corrected chi connectivity index (χ2v) is 20.0. The fourth-order valence-corrected chi connectivity index (χ4v) is 12.5. The Balaban J connectivity index is 0.929. The van der Waals surface area contributed by atoms with Crippen LogP contribution in [0, 0.1) is 52.3 Å². The van der Waals surface area contributed by atoms with Crippen molar-refractivity contribution in [2.75, 3.05) is 13.2 Å². The number of ketones is 2. The molecule has 3 aromatic rings. The first kappa shape index (κ1) is 46.6. The Bertz CT molecular complexity index is 2210. The molecule has 4 saturated carbocycles. The van der Waals surface area contributed by atoms with Crippen LogP contribution in [0.3, 0.4) is 0 Å². The summed E-state index contributed by atoms with van der Waals surface area (Å²) in [6.45, 7) is 8.47. The number of carbonyl (C=O) groups excluding carboxylic acids is 5. The molecule has 8 rings (SSSR count). The summed E-state index contributed by atoms with van der Waals surface area (Å²) in [4.78, 5) is 68.0. The van der Waals surface area contributed by atoms with E-state index < -0.39 is 36.4 Å². The van der Waals surface area contributed by atoms with E-state index in [1.165, 1.54) is 6.08 Å². The Morgan fingerprint density at radius 1 is 0.769 bits per heavy atom. The van der Waals surface area contributed by atoms with Gasteiger partial charge in [0.15, 0.2) is 18.2 Å². The Labute approximate surface area is 382 Å². The van der Waals surface area contributed by atoms with E-state index in [0.717, 1.165) is 44.9 Å². The molecule has 1 heterocycles. The first-order chi connectivity index (χ1) is 31.2. The molecule has 3 aromatic carbocycles. The number of aliphatic hydroxyl groups excluding tert-OH is 1. The second kappa shape index (κ2) is 19.9. The number of hydrogen-bond acceptors (Lipinski definition) is 11. The maximum absolute atomic E-state index is 14.0. The van der Waals surface area contributed by atoms with Crippen molar-refractivity contribution in [1.82, 2.24) is 0 Å². The van der Waals surface area contributed by atoms with Crippen molar-refractivity contribution < 1.29 is 52.8 Å². The molecular formula is C54H64O11. The van der Waals surface area contributed by atoms with Crippen LogP contribution in [0.4, 0.5) is 0 Å². The highest BCUT2D eigenvalue weighted by Crippen LogP contribution is 2.67. The predicted molar refractivity (Wildman–Crippen MR) is 241 cm³/mol. The maximum Gasteiger partial charge on any atom is 0.343 e. The number of aliphatic hydroxyl groups is 1. The van der Waals surface area contributed by atoms with Crippen LogP contribution in [-0.4, -0.2) is 72.4 Å². The third-order valence-corrected chi connectivity index (χ3v) is 16.1. The van der Waals surface area contributed by atoms with Gasteiger partial charge in [0.25, 0.3) is 0 Å². The second-order valence-electron chi connectivity index (χ2n) is 20.0. The fourth-order valence-electron chi connectivity index (χ4n) is 12.5. The number of hydrogen-bond donors (Lipinski definition) is 1. The zero-order valence-electron chi connectivity index (χ0n) is 38.1. The largest absolute Gasteiger partial charge is 0.459 e. The topological polar surface area (TPSA) is 152 Å². The highest BCUT2D eigenvalue weighted by molar-refractivity contribution is 5.93. The molecule has 0 bridgehead atoms. The molecule has 5 aliphatic rings. The van der Waals surface area contributed by atoms with Gasteiger partial charge in [-0.2, -0.15) is 0 Å². The summed E-state index contributed by atoms with van der Waals surface area (Å²) >= 11 is 0. The molecule has 11 heteroatoms. The molecule has 4 aliphatic carbocycles. The summed E-state index contributed by atoms with van der Waals surface area (Å²) < 4.78 is 30.1. The van der Waals surface area contributed by atoms with E-state index >= 15 is 0 Å². The normalized spacial score (nSPS) is 32.7. The van der Waals surface area contributed by atoms with Crippen LogP contribution in [0.5, 0.6) is 0 Å². The molecule has 9 unspecified atom stereocenters. The Hall–Kier alpha value is -4.97. The fraction of sp³-hybridized carbons (Fsp3) is 0.537. The van der Waals surface area contributed by atoms with Gasteiger partial charge in [-0.1, -0.05) is 82.3 Å². The monoisotopic (exact) mass is 888 g/mol. The van der Waals surface area contributed by atoms with Crippen LogP contribution >= 0.6 is 0 Å². The average molecular weight is 889 g/mol. The lowest BCUT2D eigenvalue weighted by Crippen LogP contribution is -2.54. The lowest BCUT2D eigenvalue weighted by Gasteiger charge is -2.61. The molecule has 4 fully saturated rings. The summed E-state index contributed by atoms with van der Waals surface area (Å²) in [5.41, 5.74) is 0.849. The Morgan fingerprint density at radius 2 is 1.38 bits per heavy atom. The van der Waals surface area contributed by atoms with Crippen molar-refractivity contribution in [2.45, 2.75) is 117 Å². The van der Waals surface area contributed by atoms with Gasteiger partial charge in [0.1, 0.15) is 24.3 Å². The number of ether oxygens (including phenoxy) is 5. The van der Waals surface area contributed by atoms with Gasteiger partial charge >= 0.3 is 17.9 Å².